The van der Waals surface area contributed by atoms with Crippen molar-refractivity contribution in [3.05, 3.63) is 147 Å². The molecule has 0 spiro atoms. The van der Waals surface area contributed by atoms with Crippen molar-refractivity contribution < 1.29 is 52.4 Å². The Labute approximate surface area is 355 Å². The monoisotopic (exact) mass is 847 g/mol. The van der Waals surface area contributed by atoms with E-state index in [2.05, 4.69) is 16.8 Å². The molecule has 1 fully saturated rings. The minimum Gasteiger partial charge on any atom is -0.489 e. The fourth-order valence-corrected chi connectivity index (χ4v) is 7.49. The highest BCUT2D eigenvalue weighted by Crippen LogP contribution is 2.50. The average molecular weight is 848 g/mol. The SMILES string of the molecule is CC(=O)OCC(O)(COC(C)=O)c1ccc(OCc2ccccc2)c([C@@H]2[C@@H](CC[C@H](OC(C)=O)c3ccc(F)cc3)C(=O)N2c2ccc(C#Cc3nc(C(N)=O)cs3)cc2)c1. The lowest BCUT2D eigenvalue weighted by Crippen LogP contribution is -2.55. The number of ether oxygens (including phenoxy) is 4. The van der Waals surface area contributed by atoms with Crippen LogP contribution < -0.4 is 15.4 Å². The molecule has 1 aliphatic rings. The standard InChI is InChI=1S/C46H42FN3O10S/c1-28(51)58-26-46(56,27-59-29(2)52)34-14-20-41(57-24-32-7-5-4-6-8-32)38(23-34)43-37(19-21-40(60-30(3)53)33-12-15-35(47)16-13-33)45(55)50(43)36-17-9-31(10-18-36)11-22-42-49-39(25-61-42)44(48)54/h4-10,12-18,20,23,25,37,40,43,56H,19,21,24,26-27H2,1-3H3,(H2,48,54)/t37-,40+,43+/m1/s1. The number of benzene rings is 4. The molecule has 0 unspecified atom stereocenters. The second-order valence-corrected chi connectivity index (χ2v) is 15.2. The van der Waals surface area contributed by atoms with E-state index in [1.165, 1.54) is 61.8 Å². The number of esters is 3. The largest absolute Gasteiger partial charge is 0.489 e. The van der Waals surface area contributed by atoms with Crippen molar-refractivity contribution in [1.29, 1.82) is 0 Å². The van der Waals surface area contributed by atoms with Crippen LogP contribution in [-0.4, -0.2) is 53.0 Å². The number of hydrogen-bond acceptors (Lipinski definition) is 12. The van der Waals surface area contributed by atoms with Gasteiger partial charge in [-0.05, 0) is 84.0 Å². The first kappa shape index (κ1) is 43.7. The minimum atomic E-state index is -2.00. The maximum Gasteiger partial charge on any atom is 0.303 e. The van der Waals surface area contributed by atoms with Gasteiger partial charge < -0.3 is 34.7 Å². The number of anilines is 1. The fraction of sp³-hybridized carbons (Fsp3) is 0.261. The van der Waals surface area contributed by atoms with Crippen molar-refractivity contribution >= 4 is 46.7 Å². The molecular formula is C46H42FN3O10S. The number of hydrogen-bond donors (Lipinski definition) is 2. The van der Waals surface area contributed by atoms with Crippen molar-refractivity contribution in [3.63, 3.8) is 0 Å². The molecule has 1 aromatic heterocycles. The van der Waals surface area contributed by atoms with Crippen LogP contribution in [0.2, 0.25) is 0 Å². The van der Waals surface area contributed by atoms with Gasteiger partial charge in [0.15, 0.2) is 10.6 Å². The molecule has 2 heterocycles. The molecule has 5 aromatic rings. The summed E-state index contributed by atoms with van der Waals surface area (Å²) in [6.07, 6.45) is -0.404. The third-order valence-electron chi connectivity index (χ3n) is 9.85. The van der Waals surface area contributed by atoms with Gasteiger partial charge in [-0.25, -0.2) is 9.37 Å². The lowest BCUT2D eigenvalue weighted by molar-refractivity contribution is -0.161. The highest BCUT2D eigenvalue weighted by atomic mass is 32.1. The normalized spacial score (nSPS) is 15.1. The second-order valence-electron chi connectivity index (χ2n) is 14.3. The molecule has 0 bridgehead atoms. The predicted octanol–water partition coefficient (Wildman–Crippen LogP) is 6.46. The minimum absolute atomic E-state index is 0.116. The number of nitrogens with zero attached hydrogens (tertiary/aromatic N) is 2. The van der Waals surface area contributed by atoms with E-state index < -0.39 is 66.5 Å². The van der Waals surface area contributed by atoms with Crippen molar-refractivity contribution in [2.75, 3.05) is 18.1 Å². The quantitative estimate of drug-likeness (QED) is 0.0481. The predicted molar refractivity (Wildman–Crippen MR) is 221 cm³/mol. The first-order chi connectivity index (χ1) is 29.2. The number of aromatic nitrogens is 1. The Hall–Kier alpha value is -6.89. The Balaban J connectivity index is 1.42. The van der Waals surface area contributed by atoms with Gasteiger partial charge in [-0.3, -0.25) is 24.0 Å². The van der Waals surface area contributed by atoms with E-state index in [1.807, 2.05) is 30.3 Å². The number of β-lactam (4-membered cyclic amide) rings is 1. The number of primary amides is 1. The molecule has 0 saturated carbocycles. The summed E-state index contributed by atoms with van der Waals surface area (Å²) in [6, 6.07) is 26.0. The van der Waals surface area contributed by atoms with Gasteiger partial charge in [0.1, 0.15) is 43.2 Å². The van der Waals surface area contributed by atoms with Gasteiger partial charge in [-0.15, -0.1) is 11.3 Å². The zero-order chi connectivity index (χ0) is 43.7. The Kier molecular flexibility index (Phi) is 13.9. The Bertz CT molecular complexity index is 2450. The van der Waals surface area contributed by atoms with Crippen molar-refractivity contribution in [3.8, 4) is 17.6 Å². The molecule has 1 saturated heterocycles. The third kappa shape index (κ3) is 11.0. The van der Waals surface area contributed by atoms with Gasteiger partial charge >= 0.3 is 17.9 Å². The Morgan fingerprint density at radius 3 is 2.18 bits per heavy atom. The number of nitrogens with two attached hydrogens (primary N) is 1. The molecule has 3 N–H and O–H groups in total. The zero-order valence-corrected chi connectivity index (χ0v) is 34.3. The van der Waals surface area contributed by atoms with Crippen molar-refractivity contribution in [2.45, 2.75) is 58.0 Å². The summed E-state index contributed by atoms with van der Waals surface area (Å²) in [5, 5.41) is 13.9. The van der Waals surface area contributed by atoms with E-state index in [9.17, 15) is 33.5 Å². The molecule has 6 rings (SSSR count). The third-order valence-corrected chi connectivity index (χ3v) is 10.6. The molecule has 0 radical (unpaired) electrons. The van der Waals surface area contributed by atoms with Crippen LogP contribution in [0.3, 0.4) is 0 Å². The molecule has 4 aromatic carbocycles. The van der Waals surface area contributed by atoms with Gasteiger partial charge in [0.05, 0.1) is 12.0 Å². The number of carbonyl (C=O) groups excluding carboxylic acids is 5. The smallest absolute Gasteiger partial charge is 0.303 e. The van der Waals surface area contributed by atoms with Crippen LogP contribution in [-0.2, 0) is 45.6 Å². The van der Waals surface area contributed by atoms with E-state index in [4.69, 9.17) is 24.7 Å². The van der Waals surface area contributed by atoms with E-state index in [0.29, 0.717) is 33.1 Å². The van der Waals surface area contributed by atoms with Crippen LogP contribution in [0.4, 0.5) is 10.1 Å². The number of carbonyl (C=O) groups is 5. The topological polar surface area (TPSA) is 185 Å². The lowest BCUT2D eigenvalue weighted by atomic mass is 9.76. The molecular weight excluding hydrogens is 806 g/mol. The van der Waals surface area contributed by atoms with E-state index in [-0.39, 0.29) is 36.6 Å². The molecule has 61 heavy (non-hydrogen) atoms. The van der Waals surface area contributed by atoms with E-state index >= 15 is 0 Å². The van der Waals surface area contributed by atoms with Crippen molar-refractivity contribution in [2.24, 2.45) is 11.7 Å². The summed E-state index contributed by atoms with van der Waals surface area (Å²) >= 11 is 1.18. The number of amides is 2. The summed E-state index contributed by atoms with van der Waals surface area (Å²) in [5.41, 5.74) is 6.64. The highest BCUT2D eigenvalue weighted by Gasteiger charge is 2.50. The maximum atomic E-state index is 14.4. The summed E-state index contributed by atoms with van der Waals surface area (Å²) in [7, 11) is 0. The van der Waals surface area contributed by atoms with Crippen LogP contribution in [0, 0.1) is 23.6 Å². The van der Waals surface area contributed by atoms with Crippen LogP contribution in [0.1, 0.15) is 89.1 Å². The van der Waals surface area contributed by atoms with Gasteiger partial charge in [0.25, 0.3) is 5.91 Å². The fourth-order valence-electron chi connectivity index (χ4n) is 6.84. The van der Waals surface area contributed by atoms with E-state index in [0.717, 1.165) is 5.56 Å². The molecule has 314 valence electrons. The first-order valence-corrected chi connectivity index (χ1v) is 20.0. The van der Waals surface area contributed by atoms with Crippen LogP contribution in [0.15, 0.2) is 102 Å². The van der Waals surface area contributed by atoms with Gasteiger partial charge in [-0.2, -0.15) is 0 Å². The molecule has 15 heteroatoms. The Morgan fingerprint density at radius 2 is 1.57 bits per heavy atom. The molecule has 1 aliphatic heterocycles. The molecule has 2 amide bonds. The van der Waals surface area contributed by atoms with Crippen molar-refractivity contribution in [1.82, 2.24) is 4.98 Å². The van der Waals surface area contributed by atoms with Crippen LogP contribution >= 0.6 is 11.3 Å². The summed E-state index contributed by atoms with van der Waals surface area (Å²) in [5.74, 6) is 2.30. The van der Waals surface area contributed by atoms with E-state index in [1.54, 1.807) is 47.4 Å². The number of aliphatic hydroxyl groups is 1. The molecule has 3 atom stereocenters. The summed E-state index contributed by atoms with van der Waals surface area (Å²) in [4.78, 5) is 67.8. The molecule has 0 aliphatic carbocycles. The number of halogens is 1. The summed E-state index contributed by atoms with van der Waals surface area (Å²) in [6.45, 7) is 2.69. The average Bonchev–Trinajstić information content (AvgIpc) is 3.73. The first-order valence-electron chi connectivity index (χ1n) is 19.1. The summed E-state index contributed by atoms with van der Waals surface area (Å²) < 4.78 is 36.5. The zero-order valence-electron chi connectivity index (χ0n) is 33.5. The van der Waals surface area contributed by atoms with Crippen LogP contribution in [0.25, 0.3) is 0 Å². The van der Waals surface area contributed by atoms with Gasteiger partial charge in [-0.1, -0.05) is 54.5 Å². The highest BCUT2D eigenvalue weighted by molar-refractivity contribution is 7.10. The number of rotatable bonds is 16. The maximum absolute atomic E-state index is 14.4. The van der Waals surface area contributed by atoms with Crippen LogP contribution in [0.5, 0.6) is 5.75 Å². The molecule has 13 nitrogen and oxygen atoms in total. The second kappa shape index (κ2) is 19.4. The lowest BCUT2D eigenvalue weighted by Gasteiger charge is -2.48. The van der Waals surface area contributed by atoms with Gasteiger partial charge in [0, 0.05) is 43.0 Å². The Morgan fingerprint density at radius 1 is 0.902 bits per heavy atom. The number of thiazole rings is 1. The van der Waals surface area contributed by atoms with Gasteiger partial charge in [0.2, 0.25) is 5.91 Å².